The van der Waals surface area contributed by atoms with Crippen LogP contribution in [0.15, 0.2) is 12.7 Å². The third-order valence-electron chi connectivity index (χ3n) is 5.52. The predicted octanol–water partition coefficient (Wildman–Crippen LogP) is 2.61. The van der Waals surface area contributed by atoms with Crippen molar-refractivity contribution >= 4 is 35.0 Å². The number of carboxylic acids is 1. The topological polar surface area (TPSA) is 149 Å². The summed E-state index contributed by atoms with van der Waals surface area (Å²) in [6.45, 7) is 12.3. The van der Waals surface area contributed by atoms with Crippen LogP contribution in [0.3, 0.4) is 0 Å². The lowest BCUT2D eigenvalue weighted by Gasteiger charge is -2.30. The molecule has 1 aliphatic rings. The maximum atomic E-state index is 12.9. The first-order chi connectivity index (χ1) is 16.7. The van der Waals surface area contributed by atoms with Gasteiger partial charge in [0.25, 0.3) is 0 Å². The number of carboxylic acid groups (broad SMARTS) is 1. The SMILES string of the molecule is CC(C)(C)COC(=O)N[C@@H](Cn1cnc2c(N3CCC(C(=O)O)CC3)ncnc21)C(=O)OC(C)(C)C. The highest BCUT2D eigenvalue weighted by atomic mass is 16.6. The lowest BCUT2D eigenvalue weighted by molar-refractivity contribution is -0.157. The maximum absolute atomic E-state index is 12.9. The molecule has 12 nitrogen and oxygen atoms in total. The van der Waals surface area contributed by atoms with Gasteiger partial charge in [-0.05, 0) is 39.0 Å². The summed E-state index contributed by atoms with van der Waals surface area (Å²) in [5, 5.41) is 11.9. The number of esters is 1. The van der Waals surface area contributed by atoms with Crippen LogP contribution in [0.2, 0.25) is 0 Å². The summed E-state index contributed by atoms with van der Waals surface area (Å²) < 4.78 is 12.5. The second kappa shape index (κ2) is 10.7. The number of aliphatic carboxylic acids is 1. The van der Waals surface area contributed by atoms with E-state index in [2.05, 4.69) is 20.3 Å². The number of hydrogen-bond acceptors (Lipinski definition) is 9. The number of carbonyl (C=O) groups is 3. The summed E-state index contributed by atoms with van der Waals surface area (Å²) in [7, 11) is 0. The number of nitrogens with zero attached hydrogens (tertiary/aromatic N) is 5. The zero-order valence-corrected chi connectivity index (χ0v) is 21.8. The van der Waals surface area contributed by atoms with Gasteiger partial charge in [-0.25, -0.2) is 24.5 Å². The van der Waals surface area contributed by atoms with Gasteiger partial charge in [-0.15, -0.1) is 0 Å². The van der Waals surface area contributed by atoms with Gasteiger partial charge >= 0.3 is 18.0 Å². The second-order valence-corrected chi connectivity index (χ2v) is 11.2. The van der Waals surface area contributed by atoms with E-state index >= 15 is 0 Å². The minimum atomic E-state index is -1.04. The zero-order chi connectivity index (χ0) is 26.7. The van der Waals surface area contributed by atoms with Crippen molar-refractivity contribution in [1.29, 1.82) is 0 Å². The number of amides is 1. The van der Waals surface area contributed by atoms with E-state index in [1.165, 1.54) is 12.7 Å². The van der Waals surface area contributed by atoms with Gasteiger partial charge in [0.15, 0.2) is 17.0 Å². The van der Waals surface area contributed by atoms with E-state index in [1.54, 1.807) is 25.3 Å². The molecule has 0 unspecified atom stereocenters. The van der Waals surface area contributed by atoms with Gasteiger partial charge in [0, 0.05) is 13.1 Å². The molecule has 198 valence electrons. The number of rotatable bonds is 7. The normalized spacial score (nSPS) is 16.0. The van der Waals surface area contributed by atoms with Crippen LogP contribution in [0.25, 0.3) is 11.2 Å². The van der Waals surface area contributed by atoms with Gasteiger partial charge in [0.2, 0.25) is 0 Å². The average molecular weight is 505 g/mol. The monoisotopic (exact) mass is 504 g/mol. The molecule has 2 N–H and O–H groups in total. The summed E-state index contributed by atoms with van der Waals surface area (Å²) in [6.07, 6.45) is 3.26. The summed E-state index contributed by atoms with van der Waals surface area (Å²) in [6, 6.07) is -1.04. The number of anilines is 1. The Morgan fingerprint density at radius 3 is 2.36 bits per heavy atom. The lowest BCUT2D eigenvalue weighted by atomic mass is 9.97. The predicted molar refractivity (Wildman–Crippen MR) is 131 cm³/mol. The number of alkyl carbamates (subject to hydrolysis) is 1. The number of nitrogens with one attached hydrogen (secondary N) is 1. The molecule has 0 radical (unpaired) electrons. The Morgan fingerprint density at radius 1 is 1.11 bits per heavy atom. The van der Waals surface area contributed by atoms with Crippen molar-refractivity contribution in [3.05, 3.63) is 12.7 Å². The Hall–Kier alpha value is -3.44. The van der Waals surface area contributed by atoms with Crippen LogP contribution in [0.4, 0.5) is 10.6 Å². The molecular weight excluding hydrogens is 468 g/mol. The lowest BCUT2D eigenvalue weighted by Crippen LogP contribution is -2.47. The van der Waals surface area contributed by atoms with E-state index in [0.717, 1.165) is 0 Å². The number of hydrogen-bond donors (Lipinski definition) is 2. The van der Waals surface area contributed by atoms with Crippen LogP contribution < -0.4 is 10.2 Å². The minimum Gasteiger partial charge on any atom is -0.481 e. The van der Waals surface area contributed by atoms with Gasteiger partial charge in [-0.3, -0.25) is 4.79 Å². The standard InChI is InChI=1S/C24H36N6O6/c1-23(2,3)12-35-22(34)28-16(21(33)36-24(4,5)6)11-30-14-27-17-18(25-13-26-19(17)30)29-9-7-15(8-10-29)20(31)32/h13-16H,7-12H2,1-6H3,(H,28,34)(H,31,32)/t16-/m0/s1. The molecule has 3 rings (SSSR count). The van der Waals surface area contributed by atoms with Gasteiger partial charge in [-0.2, -0.15) is 0 Å². The van der Waals surface area contributed by atoms with E-state index < -0.39 is 29.7 Å². The van der Waals surface area contributed by atoms with Gasteiger partial charge in [-0.1, -0.05) is 20.8 Å². The van der Waals surface area contributed by atoms with E-state index in [-0.39, 0.29) is 24.5 Å². The Balaban J connectivity index is 1.81. The largest absolute Gasteiger partial charge is 0.481 e. The van der Waals surface area contributed by atoms with E-state index in [1.807, 2.05) is 25.7 Å². The molecule has 1 amide bonds. The van der Waals surface area contributed by atoms with Crippen molar-refractivity contribution in [1.82, 2.24) is 24.8 Å². The van der Waals surface area contributed by atoms with Crippen LogP contribution >= 0.6 is 0 Å². The summed E-state index contributed by atoms with van der Waals surface area (Å²) in [5.74, 6) is -1.15. The Bertz CT molecular complexity index is 1090. The third kappa shape index (κ3) is 7.28. The number of piperidine rings is 1. The summed E-state index contributed by atoms with van der Waals surface area (Å²) in [5.41, 5.74) is 0.0371. The van der Waals surface area contributed by atoms with Gasteiger partial charge in [0.1, 0.15) is 18.0 Å². The number of fused-ring (bicyclic) bond motifs is 1. The van der Waals surface area contributed by atoms with Crippen molar-refractivity contribution in [3.63, 3.8) is 0 Å². The van der Waals surface area contributed by atoms with Crippen LogP contribution in [0.1, 0.15) is 54.4 Å². The molecule has 0 spiro atoms. The molecule has 12 heteroatoms. The van der Waals surface area contributed by atoms with Crippen molar-refractivity contribution < 1.29 is 29.0 Å². The first kappa shape index (κ1) is 27.2. The molecule has 1 saturated heterocycles. The molecular formula is C24H36N6O6. The number of imidazole rings is 1. The van der Waals surface area contributed by atoms with E-state index in [4.69, 9.17) is 9.47 Å². The Labute approximate surface area is 210 Å². The van der Waals surface area contributed by atoms with E-state index in [0.29, 0.717) is 42.9 Å². The summed E-state index contributed by atoms with van der Waals surface area (Å²) in [4.78, 5) is 51.9. The Morgan fingerprint density at radius 2 is 1.78 bits per heavy atom. The number of carbonyl (C=O) groups excluding carboxylic acids is 2. The minimum absolute atomic E-state index is 0.0214. The molecule has 3 heterocycles. The van der Waals surface area contributed by atoms with Crippen molar-refractivity contribution in [2.24, 2.45) is 11.3 Å². The molecule has 0 bridgehead atoms. The van der Waals surface area contributed by atoms with Crippen molar-refractivity contribution in [2.45, 2.75) is 72.6 Å². The van der Waals surface area contributed by atoms with Crippen LogP contribution in [-0.2, 0) is 25.6 Å². The molecule has 2 aromatic rings. The fourth-order valence-corrected chi connectivity index (χ4v) is 3.79. The van der Waals surface area contributed by atoms with Crippen molar-refractivity contribution in [3.8, 4) is 0 Å². The molecule has 1 aliphatic heterocycles. The van der Waals surface area contributed by atoms with Gasteiger partial charge in [0.05, 0.1) is 25.4 Å². The number of ether oxygens (including phenoxy) is 2. The molecule has 0 aliphatic carbocycles. The van der Waals surface area contributed by atoms with Crippen LogP contribution in [0.5, 0.6) is 0 Å². The second-order valence-electron chi connectivity index (χ2n) is 11.2. The smallest absolute Gasteiger partial charge is 0.407 e. The fourth-order valence-electron chi connectivity index (χ4n) is 3.79. The molecule has 36 heavy (non-hydrogen) atoms. The highest BCUT2D eigenvalue weighted by Gasteiger charge is 2.30. The fraction of sp³-hybridized carbons (Fsp3) is 0.667. The molecule has 1 atom stereocenters. The average Bonchev–Trinajstić information content (AvgIpc) is 3.18. The molecule has 0 aromatic carbocycles. The highest BCUT2D eigenvalue weighted by molar-refractivity contribution is 5.85. The first-order valence-electron chi connectivity index (χ1n) is 12.0. The first-order valence-corrected chi connectivity index (χ1v) is 12.0. The van der Waals surface area contributed by atoms with Crippen molar-refractivity contribution in [2.75, 3.05) is 24.6 Å². The maximum Gasteiger partial charge on any atom is 0.407 e. The highest BCUT2D eigenvalue weighted by Crippen LogP contribution is 2.27. The zero-order valence-electron chi connectivity index (χ0n) is 21.8. The van der Waals surface area contributed by atoms with Gasteiger partial charge < -0.3 is 29.4 Å². The molecule has 0 saturated carbocycles. The van der Waals surface area contributed by atoms with Crippen LogP contribution in [0, 0.1) is 11.3 Å². The Kier molecular flexibility index (Phi) is 8.05. The molecule has 2 aromatic heterocycles. The summed E-state index contributed by atoms with van der Waals surface area (Å²) >= 11 is 0. The van der Waals surface area contributed by atoms with E-state index in [9.17, 15) is 19.5 Å². The van der Waals surface area contributed by atoms with Crippen LogP contribution in [-0.4, -0.2) is 74.0 Å². The third-order valence-corrected chi connectivity index (χ3v) is 5.52. The molecule has 1 fully saturated rings. The number of aromatic nitrogens is 4. The quantitative estimate of drug-likeness (QED) is 0.539.